The standard InChI is InChI=1S/C20H22N2O6/c1-25-16-6-5-12(8-17(16)26-2)7-15(20(23)24)22-14-10-19(28-4)18(27-3)9-13(14)11-21-22/h5-6,8-11,15H,7H2,1-4H3,(H,23,24). The van der Waals surface area contributed by atoms with Gasteiger partial charge in [-0.2, -0.15) is 5.10 Å². The van der Waals surface area contributed by atoms with E-state index in [1.54, 1.807) is 44.7 Å². The first-order chi connectivity index (χ1) is 13.5. The van der Waals surface area contributed by atoms with Crippen molar-refractivity contribution in [2.24, 2.45) is 0 Å². The largest absolute Gasteiger partial charge is 0.493 e. The average Bonchev–Trinajstić information content (AvgIpc) is 3.12. The molecule has 8 nitrogen and oxygen atoms in total. The van der Waals surface area contributed by atoms with Gasteiger partial charge in [-0.1, -0.05) is 6.07 Å². The van der Waals surface area contributed by atoms with Crippen LogP contribution in [-0.2, 0) is 11.2 Å². The Morgan fingerprint density at radius 2 is 1.57 bits per heavy atom. The summed E-state index contributed by atoms with van der Waals surface area (Å²) in [7, 11) is 6.17. The maximum atomic E-state index is 12.0. The second-order valence-electron chi connectivity index (χ2n) is 6.10. The molecule has 0 saturated heterocycles. The minimum Gasteiger partial charge on any atom is -0.493 e. The second-order valence-corrected chi connectivity index (χ2v) is 6.10. The Kier molecular flexibility index (Phi) is 5.58. The minimum atomic E-state index is -0.991. The maximum Gasteiger partial charge on any atom is 0.328 e. The SMILES string of the molecule is COc1ccc(CC(C(=O)O)n2ncc3cc(OC)c(OC)cc32)cc1OC. The number of methoxy groups -OCH3 is 4. The summed E-state index contributed by atoms with van der Waals surface area (Å²) in [5.41, 5.74) is 1.43. The van der Waals surface area contributed by atoms with Gasteiger partial charge in [-0.15, -0.1) is 0 Å². The number of aromatic nitrogens is 2. The van der Waals surface area contributed by atoms with Gasteiger partial charge in [-0.05, 0) is 23.8 Å². The molecule has 0 radical (unpaired) electrons. The third-order valence-electron chi connectivity index (χ3n) is 4.56. The van der Waals surface area contributed by atoms with Crippen molar-refractivity contribution in [3.63, 3.8) is 0 Å². The highest BCUT2D eigenvalue weighted by Crippen LogP contribution is 2.34. The lowest BCUT2D eigenvalue weighted by Crippen LogP contribution is -2.22. The van der Waals surface area contributed by atoms with Gasteiger partial charge in [0.15, 0.2) is 29.0 Å². The van der Waals surface area contributed by atoms with Crippen molar-refractivity contribution in [2.75, 3.05) is 28.4 Å². The van der Waals surface area contributed by atoms with Crippen molar-refractivity contribution in [1.82, 2.24) is 9.78 Å². The van der Waals surface area contributed by atoms with Gasteiger partial charge in [0.05, 0.1) is 40.2 Å². The molecule has 0 aliphatic rings. The average molecular weight is 386 g/mol. The van der Waals surface area contributed by atoms with Gasteiger partial charge >= 0.3 is 5.97 Å². The molecular weight excluding hydrogens is 364 g/mol. The van der Waals surface area contributed by atoms with Crippen LogP contribution in [0.25, 0.3) is 10.9 Å². The van der Waals surface area contributed by atoms with Crippen LogP contribution < -0.4 is 18.9 Å². The molecule has 0 saturated carbocycles. The zero-order valence-electron chi connectivity index (χ0n) is 16.1. The Balaban J connectivity index is 2.02. The number of carbonyl (C=O) groups is 1. The number of benzene rings is 2. The maximum absolute atomic E-state index is 12.0. The molecule has 0 amide bonds. The molecule has 3 rings (SSSR count). The number of hydrogen-bond acceptors (Lipinski definition) is 6. The minimum absolute atomic E-state index is 0.223. The number of aliphatic carboxylic acids is 1. The zero-order valence-corrected chi connectivity index (χ0v) is 16.1. The predicted octanol–water partition coefficient (Wildman–Crippen LogP) is 2.94. The van der Waals surface area contributed by atoms with Gasteiger partial charge in [0.1, 0.15) is 0 Å². The summed E-state index contributed by atoms with van der Waals surface area (Å²) in [5, 5.41) is 14.9. The van der Waals surface area contributed by atoms with Gasteiger partial charge < -0.3 is 24.1 Å². The lowest BCUT2D eigenvalue weighted by Gasteiger charge is -2.16. The first-order valence-electron chi connectivity index (χ1n) is 8.55. The highest BCUT2D eigenvalue weighted by Gasteiger charge is 2.24. The molecule has 28 heavy (non-hydrogen) atoms. The Hall–Kier alpha value is -3.42. The van der Waals surface area contributed by atoms with E-state index in [1.165, 1.54) is 18.9 Å². The monoisotopic (exact) mass is 386 g/mol. The van der Waals surface area contributed by atoms with Crippen LogP contribution in [0, 0.1) is 0 Å². The lowest BCUT2D eigenvalue weighted by atomic mass is 10.0. The number of carboxylic acid groups (broad SMARTS) is 1. The quantitative estimate of drug-likeness (QED) is 0.636. The summed E-state index contributed by atoms with van der Waals surface area (Å²) in [5.74, 6) is 1.20. The van der Waals surface area contributed by atoms with Crippen molar-refractivity contribution >= 4 is 16.9 Å². The Labute approximate surface area is 162 Å². The normalized spacial score (nSPS) is 11.9. The van der Waals surface area contributed by atoms with Gasteiger partial charge in [-0.25, -0.2) is 4.79 Å². The molecule has 0 fully saturated rings. The fourth-order valence-electron chi connectivity index (χ4n) is 3.13. The molecular formula is C20H22N2O6. The van der Waals surface area contributed by atoms with Gasteiger partial charge in [0.25, 0.3) is 0 Å². The summed E-state index contributed by atoms with van der Waals surface area (Å²) >= 11 is 0. The van der Waals surface area contributed by atoms with Crippen molar-refractivity contribution in [2.45, 2.75) is 12.5 Å². The lowest BCUT2D eigenvalue weighted by molar-refractivity contribution is -0.141. The zero-order chi connectivity index (χ0) is 20.3. The van der Waals surface area contributed by atoms with E-state index < -0.39 is 12.0 Å². The summed E-state index contributed by atoms with van der Waals surface area (Å²) < 4.78 is 22.7. The molecule has 1 heterocycles. The summed E-state index contributed by atoms with van der Waals surface area (Å²) in [6.07, 6.45) is 1.84. The third-order valence-corrected chi connectivity index (χ3v) is 4.56. The summed E-state index contributed by atoms with van der Waals surface area (Å²) in [6, 6.07) is 7.92. The molecule has 0 aliphatic carbocycles. The molecule has 1 aromatic heterocycles. The first-order valence-corrected chi connectivity index (χ1v) is 8.55. The van der Waals surface area contributed by atoms with E-state index in [4.69, 9.17) is 18.9 Å². The number of rotatable bonds is 8. The van der Waals surface area contributed by atoms with Crippen LogP contribution >= 0.6 is 0 Å². The number of nitrogens with zero attached hydrogens (tertiary/aromatic N) is 2. The molecule has 0 bridgehead atoms. The van der Waals surface area contributed by atoms with Crippen LogP contribution in [0.2, 0.25) is 0 Å². The summed E-state index contributed by atoms with van der Waals surface area (Å²) in [4.78, 5) is 12.0. The topological polar surface area (TPSA) is 92.0 Å². The highest BCUT2D eigenvalue weighted by atomic mass is 16.5. The van der Waals surface area contributed by atoms with E-state index in [0.29, 0.717) is 28.5 Å². The van der Waals surface area contributed by atoms with Crippen LogP contribution in [0.3, 0.4) is 0 Å². The molecule has 1 unspecified atom stereocenters. The smallest absolute Gasteiger partial charge is 0.328 e. The van der Waals surface area contributed by atoms with Gasteiger partial charge in [-0.3, -0.25) is 4.68 Å². The molecule has 0 aliphatic heterocycles. The summed E-state index contributed by atoms with van der Waals surface area (Å²) in [6.45, 7) is 0. The van der Waals surface area contributed by atoms with Crippen molar-refractivity contribution < 1.29 is 28.8 Å². The van der Waals surface area contributed by atoms with Crippen LogP contribution in [0.4, 0.5) is 0 Å². The molecule has 0 spiro atoms. The van der Waals surface area contributed by atoms with Crippen LogP contribution in [-0.4, -0.2) is 49.3 Å². The Bertz CT molecular complexity index is 998. The van der Waals surface area contributed by atoms with E-state index in [2.05, 4.69) is 5.10 Å². The van der Waals surface area contributed by atoms with E-state index in [9.17, 15) is 9.90 Å². The second kappa shape index (κ2) is 8.08. The van der Waals surface area contributed by atoms with E-state index >= 15 is 0 Å². The van der Waals surface area contributed by atoms with Crippen molar-refractivity contribution in [3.05, 3.63) is 42.1 Å². The number of hydrogen-bond donors (Lipinski definition) is 1. The van der Waals surface area contributed by atoms with Crippen LogP contribution in [0.5, 0.6) is 23.0 Å². The Morgan fingerprint density at radius 1 is 0.964 bits per heavy atom. The van der Waals surface area contributed by atoms with Crippen molar-refractivity contribution in [3.8, 4) is 23.0 Å². The molecule has 8 heteroatoms. The molecule has 3 aromatic rings. The molecule has 2 aromatic carbocycles. The third kappa shape index (κ3) is 3.53. The predicted molar refractivity (Wildman–Crippen MR) is 103 cm³/mol. The molecule has 1 atom stereocenters. The van der Waals surface area contributed by atoms with E-state index in [1.807, 2.05) is 6.07 Å². The molecule has 1 N–H and O–H groups in total. The van der Waals surface area contributed by atoms with Crippen molar-refractivity contribution in [1.29, 1.82) is 0 Å². The van der Waals surface area contributed by atoms with Gasteiger partial charge in [0.2, 0.25) is 0 Å². The fraction of sp³-hybridized carbons (Fsp3) is 0.300. The molecule has 148 valence electrons. The number of fused-ring (bicyclic) bond motifs is 1. The van der Waals surface area contributed by atoms with E-state index in [-0.39, 0.29) is 6.42 Å². The highest BCUT2D eigenvalue weighted by molar-refractivity contribution is 5.85. The van der Waals surface area contributed by atoms with Crippen LogP contribution in [0.15, 0.2) is 36.5 Å². The van der Waals surface area contributed by atoms with E-state index in [0.717, 1.165) is 10.9 Å². The number of ether oxygens (including phenoxy) is 4. The van der Waals surface area contributed by atoms with Gasteiger partial charge in [0, 0.05) is 17.9 Å². The fourth-order valence-corrected chi connectivity index (χ4v) is 3.13. The first kappa shape index (κ1) is 19.3. The van der Waals surface area contributed by atoms with Crippen LogP contribution in [0.1, 0.15) is 11.6 Å². The number of carboxylic acids is 1. The Morgan fingerprint density at radius 3 is 2.18 bits per heavy atom.